The SMILES string of the molecule is CC1CC2CC(C1)CC(C)(c1ccc(NC(=O)Cc3ccc(Nc4ncccc4C(=O)O)cc3)cc1)C2. The zero-order valence-corrected chi connectivity index (χ0v) is 21.5. The van der Waals surface area contributed by atoms with Crippen molar-refractivity contribution < 1.29 is 14.7 Å². The van der Waals surface area contributed by atoms with Crippen molar-refractivity contribution in [3.63, 3.8) is 0 Å². The van der Waals surface area contributed by atoms with E-state index in [4.69, 9.17) is 0 Å². The van der Waals surface area contributed by atoms with Gasteiger partial charge in [0.15, 0.2) is 0 Å². The maximum absolute atomic E-state index is 12.7. The van der Waals surface area contributed by atoms with Crippen LogP contribution in [0.3, 0.4) is 0 Å². The molecule has 0 saturated heterocycles. The summed E-state index contributed by atoms with van der Waals surface area (Å²) < 4.78 is 0. The van der Waals surface area contributed by atoms with E-state index in [9.17, 15) is 14.7 Å². The molecule has 3 N–H and O–H groups in total. The molecule has 2 atom stereocenters. The molecule has 2 unspecified atom stereocenters. The van der Waals surface area contributed by atoms with Crippen molar-refractivity contribution in [2.45, 2.75) is 57.8 Å². The molecule has 0 spiro atoms. The lowest BCUT2D eigenvalue weighted by molar-refractivity contribution is -0.115. The van der Waals surface area contributed by atoms with E-state index < -0.39 is 5.97 Å². The number of carboxylic acids is 1. The molecule has 2 aromatic carbocycles. The highest BCUT2D eigenvalue weighted by Crippen LogP contribution is 2.51. The Labute approximate surface area is 218 Å². The van der Waals surface area contributed by atoms with Crippen molar-refractivity contribution in [2.24, 2.45) is 17.8 Å². The molecule has 6 heteroatoms. The molecule has 5 rings (SSSR count). The van der Waals surface area contributed by atoms with E-state index in [1.54, 1.807) is 12.3 Å². The van der Waals surface area contributed by atoms with Gasteiger partial charge < -0.3 is 15.7 Å². The van der Waals surface area contributed by atoms with E-state index in [-0.39, 0.29) is 29.1 Å². The van der Waals surface area contributed by atoms with Crippen LogP contribution in [-0.2, 0) is 16.6 Å². The van der Waals surface area contributed by atoms with E-state index in [2.05, 4.69) is 41.6 Å². The molecule has 1 aromatic heterocycles. The number of aromatic carboxylic acids is 1. The largest absolute Gasteiger partial charge is 0.478 e. The van der Waals surface area contributed by atoms with Crippen LogP contribution < -0.4 is 10.6 Å². The van der Waals surface area contributed by atoms with Crippen LogP contribution in [-0.4, -0.2) is 22.0 Å². The second kappa shape index (κ2) is 10.4. The predicted molar refractivity (Wildman–Crippen MR) is 146 cm³/mol. The molecule has 1 heterocycles. The summed E-state index contributed by atoms with van der Waals surface area (Å²) in [5, 5.41) is 15.4. The first-order valence-corrected chi connectivity index (χ1v) is 13.2. The van der Waals surface area contributed by atoms with Gasteiger partial charge in [0.2, 0.25) is 5.91 Å². The van der Waals surface area contributed by atoms with Gasteiger partial charge in [-0.15, -0.1) is 0 Å². The minimum Gasteiger partial charge on any atom is -0.478 e. The molecule has 3 aromatic rings. The van der Waals surface area contributed by atoms with Crippen LogP contribution in [0.2, 0.25) is 0 Å². The second-order valence-electron chi connectivity index (χ2n) is 11.3. The topological polar surface area (TPSA) is 91.3 Å². The van der Waals surface area contributed by atoms with Crippen molar-refractivity contribution in [3.8, 4) is 0 Å². The van der Waals surface area contributed by atoms with Gasteiger partial charge in [0.25, 0.3) is 0 Å². The van der Waals surface area contributed by atoms with Crippen LogP contribution in [0.25, 0.3) is 0 Å². The third-order valence-corrected chi connectivity index (χ3v) is 8.10. The highest BCUT2D eigenvalue weighted by Gasteiger charge is 2.41. The summed E-state index contributed by atoms with van der Waals surface area (Å²) in [7, 11) is 0. The molecule has 2 aliphatic rings. The quantitative estimate of drug-likeness (QED) is 0.334. The minimum atomic E-state index is -1.04. The van der Waals surface area contributed by atoms with Crippen LogP contribution in [0.5, 0.6) is 0 Å². The summed E-state index contributed by atoms with van der Waals surface area (Å²) >= 11 is 0. The highest BCUT2D eigenvalue weighted by atomic mass is 16.4. The van der Waals surface area contributed by atoms with Gasteiger partial charge >= 0.3 is 5.97 Å². The minimum absolute atomic E-state index is 0.0706. The summed E-state index contributed by atoms with van der Waals surface area (Å²) in [4.78, 5) is 28.2. The normalized spacial score (nSPS) is 24.8. The number of carbonyl (C=O) groups is 2. The summed E-state index contributed by atoms with van der Waals surface area (Å²) in [6, 6.07) is 18.9. The molecular weight excluding hydrogens is 462 g/mol. The van der Waals surface area contributed by atoms with E-state index >= 15 is 0 Å². The fraction of sp³-hybridized carbons (Fsp3) is 0.387. The van der Waals surface area contributed by atoms with Gasteiger partial charge in [0.1, 0.15) is 11.4 Å². The lowest BCUT2D eigenvalue weighted by atomic mass is 9.57. The third-order valence-electron chi connectivity index (χ3n) is 8.10. The van der Waals surface area contributed by atoms with Gasteiger partial charge in [0.05, 0.1) is 6.42 Å². The average molecular weight is 498 g/mol. The fourth-order valence-corrected chi connectivity index (χ4v) is 6.69. The van der Waals surface area contributed by atoms with E-state index in [0.717, 1.165) is 29.0 Å². The number of benzene rings is 2. The maximum atomic E-state index is 12.7. The Morgan fingerprint density at radius 1 is 0.946 bits per heavy atom. The molecule has 0 aliphatic heterocycles. The number of nitrogens with one attached hydrogen (secondary N) is 2. The maximum Gasteiger partial charge on any atom is 0.339 e. The van der Waals surface area contributed by atoms with Crippen molar-refractivity contribution in [2.75, 3.05) is 10.6 Å². The highest BCUT2D eigenvalue weighted by molar-refractivity contribution is 5.94. The third kappa shape index (κ3) is 5.85. The Morgan fingerprint density at radius 2 is 1.59 bits per heavy atom. The van der Waals surface area contributed by atoms with Gasteiger partial charge in [-0.05, 0) is 103 Å². The Hall–Kier alpha value is -3.67. The van der Waals surface area contributed by atoms with Crippen molar-refractivity contribution in [3.05, 3.63) is 83.6 Å². The van der Waals surface area contributed by atoms with Crippen LogP contribution in [0.4, 0.5) is 17.2 Å². The zero-order chi connectivity index (χ0) is 26.0. The summed E-state index contributed by atoms with van der Waals surface area (Å²) in [6.45, 7) is 4.83. The monoisotopic (exact) mass is 497 g/mol. The molecular formula is C31H35N3O3. The molecule has 1 amide bonds. The molecule has 0 radical (unpaired) electrons. The van der Waals surface area contributed by atoms with Crippen molar-refractivity contribution >= 4 is 29.1 Å². The van der Waals surface area contributed by atoms with Crippen LogP contribution >= 0.6 is 0 Å². The molecule has 2 fully saturated rings. The summed E-state index contributed by atoms with van der Waals surface area (Å²) in [5.41, 5.74) is 4.11. The smallest absolute Gasteiger partial charge is 0.339 e. The number of amides is 1. The van der Waals surface area contributed by atoms with Gasteiger partial charge in [-0.2, -0.15) is 0 Å². The number of pyridine rings is 1. The molecule has 2 bridgehead atoms. The lowest BCUT2D eigenvalue weighted by Gasteiger charge is -2.47. The number of hydrogen-bond donors (Lipinski definition) is 3. The first-order chi connectivity index (χ1) is 17.8. The predicted octanol–water partition coefficient (Wildman–Crippen LogP) is 6.81. The Morgan fingerprint density at radius 3 is 2.24 bits per heavy atom. The fourth-order valence-electron chi connectivity index (χ4n) is 6.69. The first-order valence-electron chi connectivity index (χ1n) is 13.2. The number of hydrogen-bond acceptors (Lipinski definition) is 4. The van der Waals surface area contributed by atoms with E-state index in [0.29, 0.717) is 5.69 Å². The van der Waals surface area contributed by atoms with Gasteiger partial charge in [0, 0.05) is 17.6 Å². The van der Waals surface area contributed by atoms with Gasteiger partial charge in [-0.3, -0.25) is 4.79 Å². The number of carbonyl (C=O) groups excluding carboxylic acids is 1. The lowest BCUT2D eigenvalue weighted by Crippen LogP contribution is -2.38. The molecule has 192 valence electrons. The Balaban J connectivity index is 1.17. The van der Waals surface area contributed by atoms with Crippen LogP contribution in [0.15, 0.2) is 66.9 Å². The molecule has 6 nitrogen and oxygen atoms in total. The van der Waals surface area contributed by atoms with Gasteiger partial charge in [-0.25, -0.2) is 9.78 Å². The number of aromatic nitrogens is 1. The Kier molecular flexibility index (Phi) is 7.00. The number of rotatable bonds is 7. The van der Waals surface area contributed by atoms with Crippen molar-refractivity contribution in [1.29, 1.82) is 0 Å². The molecule has 2 saturated carbocycles. The average Bonchev–Trinajstić information content (AvgIpc) is 2.85. The second-order valence-corrected chi connectivity index (χ2v) is 11.3. The van der Waals surface area contributed by atoms with E-state index in [1.165, 1.54) is 43.7 Å². The number of nitrogens with zero attached hydrogens (tertiary/aromatic N) is 1. The zero-order valence-electron chi connectivity index (χ0n) is 21.5. The van der Waals surface area contributed by atoms with E-state index in [1.807, 2.05) is 36.4 Å². The molecule has 37 heavy (non-hydrogen) atoms. The molecule has 2 aliphatic carbocycles. The summed E-state index contributed by atoms with van der Waals surface area (Å²) in [6.07, 6.45) is 8.46. The first kappa shape index (κ1) is 25.0. The Bertz CT molecular complexity index is 1250. The number of fused-ring (bicyclic) bond motifs is 2. The number of anilines is 3. The van der Waals surface area contributed by atoms with Gasteiger partial charge in [-0.1, -0.05) is 38.1 Å². The van der Waals surface area contributed by atoms with Crippen molar-refractivity contribution in [1.82, 2.24) is 4.98 Å². The number of carboxylic acid groups (broad SMARTS) is 1. The van der Waals surface area contributed by atoms with Crippen LogP contribution in [0.1, 0.15) is 67.4 Å². The van der Waals surface area contributed by atoms with Crippen LogP contribution in [0, 0.1) is 17.8 Å². The standard InChI is InChI=1S/C31H35N3O3/c1-20-14-22-16-23(15-20)19-31(2,18-22)24-7-11-25(12-8-24)33-28(35)17-21-5-9-26(10-6-21)34-29-27(30(36)37)4-3-13-32-29/h3-13,20,22-23H,14-19H2,1-2H3,(H,32,34)(H,33,35)(H,36,37). The summed E-state index contributed by atoms with van der Waals surface area (Å²) in [5.74, 6) is 1.72.